The number of carbonyl (C=O) groups is 1. The van der Waals surface area contributed by atoms with Crippen LogP contribution in [-0.2, 0) is 4.79 Å². The molecule has 0 aliphatic carbocycles. The molecule has 0 aliphatic heterocycles. The van der Waals surface area contributed by atoms with Gasteiger partial charge in [-0.15, -0.1) is 0 Å². The van der Waals surface area contributed by atoms with Gasteiger partial charge in [0, 0.05) is 0 Å². The molecule has 0 aromatic carbocycles. The largest absolute Gasteiger partial charge is 0.394 e. The first-order valence-electron chi connectivity index (χ1n) is 20.5. The zero-order valence-corrected chi connectivity index (χ0v) is 31.0. The fraction of sp³-hybridized carbons (Fsp3) is 0.927. The van der Waals surface area contributed by atoms with E-state index in [1.54, 1.807) is 6.08 Å². The third-order valence-corrected chi connectivity index (χ3v) is 9.63. The first-order chi connectivity index (χ1) is 22.6. The van der Waals surface area contributed by atoms with Gasteiger partial charge in [0.15, 0.2) is 0 Å². The third kappa shape index (κ3) is 31.7. The lowest BCUT2D eigenvalue weighted by Gasteiger charge is -2.21. The van der Waals surface area contributed by atoms with Crippen LogP contribution in [-0.4, -0.2) is 46.1 Å². The van der Waals surface area contributed by atoms with E-state index in [9.17, 15) is 20.1 Å². The number of aliphatic hydroxyl groups excluding tert-OH is 3. The molecule has 274 valence electrons. The highest BCUT2D eigenvalue weighted by atomic mass is 16.3. The molecule has 3 unspecified atom stereocenters. The average Bonchev–Trinajstić information content (AvgIpc) is 3.06. The second kappa shape index (κ2) is 36.9. The molecule has 3 atom stereocenters. The van der Waals surface area contributed by atoms with Gasteiger partial charge in [-0.25, -0.2) is 0 Å². The van der Waals surface area contributed by atoms with Crippen LogP contribution in [0.15, 0.2) is 12.2 Å². The van der Waals surface area contributed by atoms with Gasteiger partial charge in [0.1, 0.15) is 6.10 Å². The van der Waals surface area contributed by atoms with Crippen LogP contribution in [0.25, 0.3) is 0 Å². The number of nitrogens with one attached hydrogen (secondary N) is 1. The molecule has 0 radical (unpaired) electrons. The van der Waals surface area contributed by atoms with Gasteiger partial charge in [-0.05, 0) is 19.3 Å². The minimum absolute atomic E-state index is 0.359. The van der Waals surface area contributed by atoms with E-state index < -0.39 is 24.2 Å². The fourth-order valence-electron chi connectivity index (χ4n) is 6.36. The number of carbonyl (C=O) groups excluding carboxylic acids is 1. The van der Waals surface area contributed by atoms with Crippen molar-refractivity contribution < 1.29 is 20.1 Å². The summed E-state index contributed by atoms with van der Waals surface area (Å²) in [6.45, 7) is 4.18. The highest BCUT2D eigenvalue weighted by Crippen LogP contribution is 2.16. The molecule has 1 amide bonds. The smallest absolute Gasteiger partial charge is 0.249 e. The molecular weight excluding hydrogens is 570 g/mol. The molecule has 5 heteroatoms. The van der Waals surface area contributed by atoms with Crippen molar-refractivity contribution in [3.05, 3.63) is 12.2 Å². The first-order valence-corrected chi connectivity index (χ1v) is 20.5. The standard InChI is InChI=1S/C41H81NO4/c1-3-5-7-9-11-13-15-17-18-19-20-21-22-23-24-26-27-29-31-33-35-39(44)38(37-43)42-41(46)40(45)36-34-32-30-28-25-16-14-12-10-8-6-4-2/h33,35,38-40,43-45H,3-32,34,36-37H2,1-2H3,(H,42,46)/b35-33+. The first kappa shape index (κ1) is 45.1. The van der Waals surface area contributed by atoms with Gasteiger partial charge in [-0.1, -0.05) is 212 Å². The van der Waals surface area contributed by atoms with E-state index in [1.807, 2.05) is 6.08 Å². The van der Waals surface area contributed by atoms with Crippen LogP contribution in [0, 0.1) is 0 Å². The summed E-state index contributed by atoms with van der Waals surface area (Å²) in [6.07, 6.45) is 42.4. The summed E-state index contributed by atoms with van der Waals surface area (Å²) in [5.41, 5.74) is 0. The molecule has 0 bridgehead atoms. The lowest BCUT2D eigenvalue weighted by atomic mass is 10.0. The summed E-state index contributed by atoms with van der Waals surface area (Å²) < 4.78 is 0. The Morgan fingerprint density at radius 2 is 0.848 bits per heavy atom. The Morgan fingerprint density at radius 1 is 0.522 bits per heavy atom. The van der Waals surface area contributed by atoms with Crippen molar-refractivity contribution in [2.75, 3.05) is 6.61 Å². The number of amides is 1. The van der Waals surface area contributed by atoms with Crippen LogP contribution in [0.3, 0.4) is 0 Å². The molecule has 0 aromatic rings. The predicted octanol–water partition coefficient (Wildman–Crippen LogP) is 11.3. The van der Waals surface area contributed by atoms with Crippen LogP contribution < -0.4 is 5.32 Å². The molecule has 0 fully saturated rings. The summed E-state index contributed by atoms with van der Waals surface area (Å²) in [7, 11) is 0. The van der Waals surface area contributed by atoms with Gasteiger partial charge >= 0.3 is 0 Å². The third-order valence-electron chi connectivity index (χ3n) is 9.63. The van der Waals surface area contributed by atoms with Crippen LogP contribution >= 0.6 is 0 Å². The zero-order valence-electron chi connectivity index (χ0n) is 31.0. The van der Waals surface area contributed by atoms with Crippen molar-refractivity contribution in [1.29, 1.82) is 0 Å². The van der Waals surface area contributed by atoms with E-state index in [0.29, 0.717) is 6.42 Å². The Morgan fingerprint density at radius 3 is 1.20 bits per heavy atom. The van der Waals surface area contributed by atoms with E-state index in [-0.39, 0.29) is 6.61 Å². The maximum absolute atomic E-state index is 12.4. The monoisotopic (exact) mass is 652 g/mol. The maximum atomic E-state index is 12.4. The summed E-state index contributed by atoms with van der Waals surface area (Å²) in [5.74, 6) is -0.502. The van der Waals surface area contributed by atoms with Crippen molar-refractivity contribution in [1.82, 2.24) is 5.32 Å². The minimum atomic E-state index is -1.09. The molecule has 5 nitrogen and oxygen atoms in total. The van der Waals surface area contributed by atoms with Gasteiger partial charge in [0.25, 0.3) is 0 Å². The lowest BCUT2D eigenvalue weighted by Crippen LogP contribution is -2.48. The molecule has 0 rings (SSSR count). The van der Waals surface area contributed by atoms with Gasteiger partial charge in [0.2, 0.25) is 5.91 Å². The second-order valence-corrected chi connectivity index (χ2v) is 14.2. The van der Waals surface area contributed by atoms with Crippen LogP contribution in [0.4, 0.5) is 0 Å². The molecule has 0 saturated heterocycles. The number of hydrogen-bond acceptors (Lipinski definition) is 4. The molecular formula is C41H81NO4. The van der Waals surface area contributed by atoms with Gasteiger partial charge < -0.3 is 20.6 Å². The van der Waals surface area contributed by atoms with Crippen molar-refractivity contribution in [2.24, 2.45) is 0 Å². The molecule has 46 heavy (non-hydrogen) atoms. The topological polar surface area (TPSA) is 89.8 Å². The van der Waals surface area contributed by atoms with Crippen molar-refractivity contribution >= 4 is 5.91 Å². The van der Waals surface area contributed by atoms with Crippen molar-refractivity contribution in [3.8, 4) is 0 Å². The number of rotatable bonds is 37. The van der Waals surface area contributed by atoms with E-state index in [1.165, 1.54) is 167 Å². The second-order valence-electron chi connectivity index (χ2n) is 14.2. The average molecular weight is 652 g/mol. The number of hydrogen-bond donors (Lipinski definition) is 4. The van der Waals surface area contributed by atoms with E-state index in [4.69, 9.17) is 0 Å². The normalized spacial score (nSPS) is 13.8. The minimum Gasteiger partial charge on any atom is -0.394 e. The van der Waals surface area contributed by atoms with Crippen LogP contribution in [0.1, 0.15) is 219 Å². The highest BCUT2D eigenvalue weighted by molar-refractivity contribution is 5.80. The van der Waals surface area contributed by atoms with Crippen molar-refractivity contribution in [3.63, 3.8) is 0 Å². The highest BCUT2D eigenvalue weighted by Gasteiger charge is 2.22. The number of allylic oxidation sites excluding steroid dienone is 1. The summed E-state index contributed by atoms with van der Waals surface area (Å²) in [4.78, 5) is 12.4. The molecule has 0 aromatic heterocycles. The van der Waals surface area contributed by atoms with Gasteiger partial charge in [-0.2, -0.15) is 0 Å². The molecule has 0 spiro atoms. The summed E-state index contributed by atoms with van der Waals surface area (Å²) in [5, 5.41) is 33.0. The van der Waals surface area contributed by atoms with E-state index >= 15 is 0 Å². The predicted molar refractivity (Wildman–Crippen MR) is 199 cm³/mol. The zero-order chi connectivity index (χ0) is 33.8. The summed E-state index contributed by atoms with van der Waals surface area (Å²) in [6, 6.07) is -0.791. The Hall–Kier alpha value is -0.910. The van der Waals surface area contributed by atoms with E-state index in [2.05, 4.69) is 19.2 Å². The fourth-order valence-corrected chi connectivity index (χ4v) is 6.36. The Balaban J connectivity index is 3.66. The quantitative estimate of drug-likeness (QED) is 0.0397. The maximum Gasteiger partial charge on any atom is 0.249 e. The Labute approximate surface area is 287 Å². The Kier molecular flexibility index (Phi) is 36.2. The molecule has 0 aliphatic rings. The SMILES string of the molecule is CCCCCCCCCCCCCCCCCCCC/C=C/C(O)C(CO)NC(=O)C(O)CCCCCCCCCCCCCC. The molecule has 4 N–H and O–H groups in total. The van der Waals surface area contributed by atoms with Crippen LogP contribution in [0.2, 0.25) is 0 Å². The Bertz CT molecular complexity index is 640. The van der Waals surface area contributed by atoms with Crippen molar-refractivity contribution in [2.45, 2.75) is 238 Å². The van der Waals surface area contributed by atoms with Gasteiger partial charge in [0.05, 0.1) is 18.8 Å². The van der Waals surface area contributed by atoms with Gasteiger partial charge in [-0.3, -0.25) is 4.79 Å². The molecule has 0 saturated carbocycles. The number of unbranched alkanes of at least 4 members (excludes halogenated alkanes) is 29. The van der Waals surface area contributed by atoms with E-state index in [0.717, 1.165) is 32.1 Å². The molecule has 0 heterocycles. The lowest BCUT2D eigenvalue weighted by molar-refractivity contribution is -0.131. The summed E-state index contributed by atoms with van der Waals surface area (Å²) >= 11 is 0. The van der Waals surface area contributed by atoms with Crippen LogP contribution in [0.5, 0.6) is 0 Å². The number of aliphatic hydroxyl groups is 3.